The number of pyridine rings is 1. The molecule has 12 heteroatoms. The zero-order chi connectivity index (χ0) is 29.1. The first-order chi connectivity index (χ1) is 18.8. The lowest BCUT2D eigenvalue weighted by atomic mass is 10.2. The molecular weight excluding hydrogens is 590 g/mol. The summed E-state index contributed by atoms with van der Waals surface area (Å²) in [7, 11) is -1.14. The van der Waals surface area contributed by atoms with Crippen LogP contribution in [0.15, 0.2) is 35.2 Å². The van der Waals surface area contributed by atoms with Crippen LogP contribution in [0.1, 0.15) is 39.4 Å². The van der Waals surface area contributed by atoms with Crippen molar-refractivity contribution in [1.82, 2.24) is 24.4 Å². The van der Waals surface area contributed by atoms with Gasteiger partial charge < -0.3 is 29.2 Å². The molecule has 40 heavy (non-hydrogen) atoms. The third-order valence-electron chi connectivity index (χ3n) is 6.64. The van der Waals surface area contributed by atoms with Crippen LogP contribution in [0.2, 0.25) is 25.7 Å². The molecule has 4 rings (SSSR count). The SMILES string of the molecule is C[C@H](Nc1ncnc2c1c(Br)cn2COCC[Si](C)(C)C)c1cccc(N2CCN(C(=O)OC(C)(C)C)CC2)n1. The van der Waals surface area contributed by atoms with Crippen LogP contribution in [0, 0.1) is 0 Å². The van der Waals surface area contributed by atoms with Gasteiger partial charge in [0, 0.05) is 51.5 Å². The number of carbonyl (C=O) groups is 1. The summed E-state index contributed by atoms with van der Waals surface area (Å²) in [6, 6.07) is 7.09. The maximum Gasteiger partial charge on any atom is 0.410 e. The van der Waals surface area contributed by atoms with E-state index in [1.165, 1.54) is 0 Å². The lowest BCUT2D eigenvalue weighted by molar-refractivity contribution is 0.0240. The topological polar surface area (TPSA) is 97.6 Å². The maximum absolute atomic E-state index is 12.4. The Morgan fingerprint density at radius 3 is 2.55 bits per heavy atom. The van der Waals surface area contributed by atoms with Gasteiger partial charge >= 0.3 is 6.09 Å². The second kappa shape index (κ2) is 12.4. The van der Waals surface area contributed by atoms with Gasteiger partial charge in [-0.25, -0.2) is 19.7 Å². The average Bonchev–Trinajstić information content (AvgIpc) is 3.21. The minimum absolute atomic E-state index is 0.0932. The number of nitrogens with one attached hydrogen (secondary N) is 1. The van der Waals surface area contributed by atoms with Crippen molar-refractivity contribution in [3.8, 4) is 0 Å². The molecule has 1 saturated heterocycles. The first-order valence-electron chi connectivity index (χ1n) is 13.8. The Bertz CT molecular complexity index is 1310. The highest BCUT2D eigenvalue weighted by molar-refractivity contribution is 9.10. The Hall–Kier alpha value is -2.70. The molecule has 3 aromatic rings. The summed E-state index contributed by atoms with van der Waals surface area (Å²) < 4.78 is 14.4. The Labute approximate surface area is 246 Å². The maximum atomic E-state index is 12.4. The van der Waals surface area contributed by atoms with Crippen LogP contribution in [-0.4, -0.2) is 77.0 Å². The van der Waals surface area contributed by atoms with Crippen LogP contribution in [-0.2, 0) is 16.2 Å². The summed E-state index contributed by atoms with van der Waals surface area (Å²) in [5.74, 6) is 1.63. The predicted molar refractivity (Wildman–Crippen MR) is 166 cm³/mol. The Balaban J connectivity index is 1.41. The van der Waals surface area contributed by atoms with Gasteiger partial charge in [0.15, 0.2) is 0 Å². The molecule has 0 spiro atoms. The van der Waals surface area contributed by atoms with E-state index >= 15 is 0 Å². The number of ether oxygens (including phenoxy) is 2. The van der Waals surface area contributed by atoms with Gasteiger partial charge in [-0.15, -0.1) is 0 Å². The summed E-state index contributed by atoms with van der Waals surface area (Å²) >= 11 is 3.70. The van der Waals surface area contributed by atoms with E-state index in [1.807, 2.05) is 49.7 Å². The molecule has 0 aliphatic carbocycles. The predicted octanol–water partition coefficient (Wildman–Crippen LogP) is 6.13. The molecule has 218 valence electrons. The smallest absolute Gasteiger partial charge is 0.410 e. The van der Waals surface area contributed by atoms with Crippen molar-refractivity contribution in [3.63, 3.8) is 0 Å². The molecule has 0 aromatic carbocycles. The normalized spacial score (nSPS) is 15.4. The quantitative estimate of drug-likeness (QED) is 0.222. The second-order valence-corrected chi connectivity index (χ2v) is 18.9. The lowest BCUT2D eigenvalue weighted by Crippen LogP contribution is -2.50. The summed E-state index contributed by atoms with van der Waals surface area (Å²) in [6.07, 6.45) is 3.32. The molecule has 1 fully saturated rings. The molecule has 4 heterocycles. The first-order valence-corrected chi connectivity index (χ1v) is 18.3. The van der Waals surface area contributed by atoms with Gasteiger partial charge in [-0.1, -0.05) is 25.7 Å². The zero-order valence-corrected chi connectivity index (χ0v) is 27.3. The minimum atomic E-state index is -1.14. The Kier molecular flexibility index (Phi) is 9.41. The molecule has 0 unspecified atom stereocenters. The number of piperazine rings is 1. The molecule has 1 amide bonds. The first kappa shape index (κ1) is 30.3. The van der Waals surface area contributed by atoms with Crippen molar-refractivity contribution in [2.45, 2.75) is 71.8 Å². The molecule has 0 saturated carbocycles. The van der Waals surface area contributed by atoms with Crippen molar-refractivity contribution < 1.29 is 14.3 Å². The molecule has 0 bridgehead atoms. The average molecular weight is 633 g/mol. The second-order valence-electron chi connectivity index (χ2n) is 12.5. The number of fused-ring (bicyclic) bond motifs is 1. The van der Waals surface area contributed by atoms with E-state index in [4.69, 9.17) is 14.5 Å². The molecule has 1 N–H and O–H groups in total. The van der Waals surface area contributed by atoms with Gasteiger partial charge in [-0.3, -0.25) is 0 Å². The van der Waals surface area contributed by atoms with Gasteiger partial charge in [-0.05, 0) is 61.8 Å². The summed E-state index contributed by atoms with van der Waals surface area (Å²) in [5.41, 5.74) is 1.22. The van der Waals surface area contributed by atoms with Crippen molar-refractivity contribution >= 4 is 52.8 Å². The largest absolute Gasteiger partial charge is 0.444 e. The van der Waals surface area contributed by atoms with Crippen molar-refractivity contribution in [2.24, 2.45) is 0 Å². The molecule has 1 atom stereocenters. The Morgan fingerprint density at radius 1 is 1.15 bits per heavy atom. The lowest BCUT2D eigenvalue weighted by Gasteiger charge is -2.36. The number of hydrogen-bond acceptors (Lipinski definition) is 8. The zero-order valence-electron chi connectivity index (χ0n) is 24.7. The van der Waals surface area contributed by atoms with Gasteiger partial charge in [0.1, 0.15) is 35.9 Å². The molecule has 1 aliphatic rings. The van der Waals surface area contributed by atoms with E-state index in [-0.39, 0.29) is 12.1 Å². The fraction of sp³-hybridized carbons (Fsp3) is 0.571. The number of nitrogens with zero attached hydrogens (tertiary/aromatic N) is 6. The highest BCUT2D eigenvalue weighted by atomic mass is 79.9. The van der Waals surface area contributed by atoms with E-state index in [2.05, 4.69) is 62.7 Å². The van der Waals surface area contributed by atoms with Crippen LogP contribution in [0.3, 0.4) is 0 Å². The number of carbonyl (C=O) groups excluding carboxylic acids is 1. The number of amides is 1. The number of rotatable bonds is 9. The van der Waals surface area contributed by atoms with E-state index in [0.717, 1.165) is 45.5 Å². The number of halogens is 1. The molecule has 1 aliphatic heterocycles. The van der Waals surface area contributed by atoms with E-state index < -0.39 is 13.7 Å². The van der Waals surface area contributed by atoms with Crippen LogP contribution in [0.25, 0.3) is 11.0 Å². The summed E-state index contributed by atoms with van der Waals surface area (Å²) in [6.45, 7) is 18.6. The number of hydrogen-bond donors (Lipinski definition) is 1. The highest BCUT2D eigenvalue weighted by Gasteiger charge is 2.26. The van der Waals surface area contributed by atoms with Crippen molar-refractivity contribution in [2.75, 3.05) is 43.0 Å². The third-order valence-corrected chi connectivity index (χ3v) is 8.95. The summed E-state index contributed by atoms with van der Waals surface area (Å²) in [4.78, 5) is 30.4. The standard InChI is InChI=1S/C28H42BrN7O3Si/c1-20(22-9-8-10-23(33-22)34-11-13-35(14-12-34)27(37)39-28(2,3)4)32-25-24-21(29)17-36(26(24)31-18-30-25)19-38-15-16-40(5,6)7/h8-10,17-18,20H,11-16,19H2,1-7H3,(H,30,31,32)/t20-/m0/s1. The van der Waals surface area contributed by atoms with Crippen LogP contribution < -0.4 is 10.2 Å². The van der Waals surface area contributed by atoms with Gasteiger partial charge in [0.25, 0.3) is 0 Å². The fourth-order valence-electron chi connectivity index (χ4n) is 4.41. The van der Waals surface area contributed by atoms with E-state index in [0.29, 0.717) is 32.9 Å². The highest BCUT2D eigenvalue weighted by Crippen LogP contribution is 2.32. The van der Waals surface area contributed by atoms with E-state index in [1.54, 1.807) is 11.2 Å². The monoisotopic (exact) mass is 631 g/mol. The van der Waals surface area contributed by atoms with Crippen LogP contribution >= 0.6 is 15.9 Å². The van der Waals surface area contributed by atoms with Gasteiger partial charge in [0.2, 0.25) is 0 Å². The van der Waals surface area contributed by atoms with Gasteiger partial charge in [-0.2, -0.15) is 0 Å². The number of anilines is 2. The molecular formula is C28H42BrN7O3Si. The molecule has 10 nitrogen and oxygen atoms in total. The van der Waals surface area contributed by atoms with Crippen LogP contribution in [0.4, 0.5) is 16.4 Å². The summed E-state index contributed by atoms with van der Waals surface area (Å²) in [5, 5.41) is 4.45. The third kappa shape index (κ3) is 7.94. The molecule has 3 aromatic heterocycles. The fourth-order valence-corrected chi connectivity index (χ4v) is 5.78. The van der Waals surface area contributed by atoms with Crippen molar-refractivity contribution in [3.05, 3.63) is 40.9 Å². The minimum Gasteiger partial charge on any atom is -0.444 e. The number of aromatic nitrogens is 4. The Morgan fingerprint density at radius 2 is 1.88 bits per heavy atom. The van der Waals surface area contributed by atoms with Crippen LogP contribution in [0.5, 0.6) is 0 Å². The van der Waals surface area contributed by atoms with E-state index in [9.17, 15) is 4.79 Å². The van der Waals surface area contributed by atoms with Gasteiger partial charge in [0.05, 0.1) is 17.1 Å². The molecule has 0 radical (unpaired) electrons. The van der Waals surface area contributed by atoms with Crippen molar-refractivity contribution in [1.29, 1.82) is 0 Å².